The maximum absolute atomic E-state index is 14.1. The number of benzene rings is 2. The van der Waals surface area contributed by atoms with Gasteiger partial charge in [-0.1, -0.05) is 54.4 Å². The van der Waals surface area contributed by atoms with Crippen LogP contribution < -0.4 is 20.3 Å². The molecular weight excluding hydrogens is 582 g/mol. The highest BCUT2D eigenvalue weighted by Crippen LogP contribution is 2.52. The van der Waals surface area contributed by atoms with Gasteiger partial charge >= 0.3 is 13.3 Å². The number of halogens is 2. The van der Waals surface area contributed by atoms with E-state index < -0.39 is 37.3 Å². The van der Waals surface area contributed by atoms with E-state index in [0.29, 0.717) is 12.2 Å². The zero-order chi connectivity index (χ0) is 28.9. The second kappa shape index (κ2) is 13.4. The fourth-order valence-electron chi connectivity index (χ4n) is 4.42. The van der Waals surface area contributed by atoms with Crippen molar-refractivity contribution in [2.24, 2.45) is 5.92 Å². The van der Waals surface area contributed by atoms with Crippen molar-refractivity contribution in [2.75, 3.05) is 26.5 Å². The fourth-order valence-corrected chi connectivity index (χ4v) is 6.58. The number of aromatic nitrogens is 2. The van der Waals surface area contributed by atoms with Gasteiger partial charge in [-0.2, -0.15) is 0 Å². The number of aryl methyl sites for hydroxylation is 1. The zero-order valence-corrected chi connectivity index (χ0v) is 24.7. The molecule has 216 valence electrons. The highest BCUT2D eigenvalue weighted by Gasteiger charge is 2.45. The molecule has 1 saturated heterocycles. The number of para-hydroxylation sites is 2. The lowest BCUT2D eigenvalue weighted by Crippen LogP contribution is -2.38. The van der Waals surface area contributed by atoms with Crippen molar-refractivity contribution in [1.29, 1.82) is 0 Å². The van der Waals surface area contributed by atoms with Crippen LogP contribution in [0.3, 0.4) is 0 Å². The highest BCUT2D eigenvalue weighted by molar-refractivity contribution is 7.54. The Morgan fingerprint density at radius 2 is 1.60 bits per heavy atom. The van der Waals surface area contributed by atoms with Crippen LogP contribution in [0.15, 0.2) is 64.3 Å². The summed E-state index contributed by atoms with van der Waals surface area (Å²) in [5, 5.41) is 0.547. The first-order valence-electron chi connectivity index (χ1n) is 12.7. The first kappa shape index (κ1) is 30.4. The first-order valence-corrected chi connectivity index (χ1v) is 15.2. The van der Waals surface area contributed by atoms with Gasteiger partial charge in [0.05, 0.1) is 35.5 Å². The summed E-state index contributed by atoms with van der Waals surface area (Å²) in [6.07, 6.45) is -0.292. The van der Waals surface area contributed by atoms with E-state index in [0.717, 1.165) is 0 Å². The van der Waals surface area contributed by atoms with Crippen LogP contribution >= 0.6 is 30.8 Å². The minimum Gasteiger partial charge on any atom is -0.414 e. The van der Waals surface area contributed by atoms with Crippen LogP contribution in [0, 0.1) is 12.8 Å². The molecule has 0 spiro atoms. The Morgan fingerprint density at radius 3 is 2.17 bits per heavy atom. The summed E-state index contributed by atoms with van der Waals surface area (Å²) < 4.78 is 44.7. The van der Waals surface area contributed by atoms with Crippen LogP contribution in [0.5, 0.6) is 11.5 Å². The van der Waals surface area contributed by atoms with Gasteiger partial charge in [0.25, 0.3) is 5.56 Å². The van der Waals surface area contributed by atoms with Crippen molar-refractivity contribution >= 4 is 30.8 Å². The molecular formula is C27H31Cl2N2O8P. The Morgan fingerprint density at radius 1 is 1.00 bits per heavy atom. The van der Waals surface area contributed by atoms with Crippen LogP contribution in [0.4, 0.5) is 0 Å². The number of H-pyrrole nitrogens is 1. The average molecular weight is 613 g/mol. The topological polar surface area (TPSA) is 118 Å². The Balaban J connectivity index is 1.60. The molecule has 1 fully saturated rings. The number of nitrogens with zero attached hydrogens (tertiary/aromatic N) is 1. The molecule has 0 bridgehead atoms. The van der Waals surface area contributed by atoms with E-state index in [4.69, 9.17) is 46.5 Å². The SMILES string of the molecule is COCCO[C@@H]1[C@H](C)[C@@H](CCP(=O)(Oc2ccccc2Cl)Oc2ccccc2Cl)O[C@H]1n1cc(C)c(=O)[nH]c1=O. The monoisotopic (exact) mass is 612 g/mol. The van der Waals surface area contributed by atoms with Gasteiger partial charge in [0.2, 0.25) is 0 Å². The third-order valence-corrected chi connectivity index (χ3v) is 8.93. The fraction of sp³-hybridized carbons (Fsp3) is 0.407. The molecule has 4 rings (SSSR count). The second-order valence-corrected chi connectivity index (χ2v) is 12.2. The van der Waals surface area contributed by atoms with E-state index in [2.05, 4.69) is 4.98 Å². The molecule has 4 atom stereocenters. The normalized spacial score (nSPS) is 20.9. The van der Waals surface area contributed by atoms with E-state index in [1.807, 2.05) is 6.92 Å². The molecule has 0 aliphatic carbocycles. The summed E-state index contributed by atoms with van der Waals surface area (Å²) >= 11 is 12.6. The molecule has 1 aliphatic heterocycles. The van der Waals surface area contributed by atoms with Gasteiger partial charge in [0.1, 0.15) is 17.6 Å². The summed E-state index contributed by atoms with van der Waals surface area (Å²) in [6, 6.07) is 13.3. The maximum atomic E-state index is 14.1. The number of hydrogen-bond donors (Lipinski definition) is 1. The average Bonchev–Trinajstić information content (AvgIpc) is 3.23. The van der Waals surface area contributed by atoms with Gasteiger partial charge in [0, 0.05) is 24.8 Å². The van der Waals surface area contributed by atoms with Crippen LogP contribution in [0.1, 0.15) is 25.1 Å². The maximum Gasteiger partial charge on any atom is 0.430 e. The lowest BCUT2D eigenvalue weighted by molar-refractivity contribution is -0.0744. The molecule has 1 aliphatic rings. The molecule has 0 amide bonds. The van der Waals surface area contributed by atoms with Crippen molar-refractivity contribution < 1.29 is 27.8 Å². The third-order valence-electron chi connectivity index (χ3n) is 6.55. The van der Waals surface area contributed by atoms with E-state index >= 15 is 0 Å². The molecule has 0 radical (unpaired) electrons. The van der Waals surface area contributed by atoms with Crippen molar-refractivity contribution in [1.82, 2.24) is 9.55 Å². The van der Waals surface area contributed by atoms with E-state index in [9.17, 15) is 14.2 Å². The first-order chi connectivity index (χ1) is 19.1. The second-order valence-electron chi connectivity index (χ2n) is 9.40. The number of hydrogen-bond acceptors (Lipinski definition) is 8. The summed E-state index contributed by atoms with van der Waals surface area (Å²) in [6.45, 7) is 4.12. The molecule has 2 heterocycles. The molecule has 40 heavy (non-hydrogen) atoms. The van der Waals surface area contributed by atoms with Gasteiger partial charge in [-0.3, -0.25) is 14.3 Å². The van der Waals surface area contributed by atoms with Crippen molar-refractivity contribution in [3.05, 3.63) is 91.2 Å². The van der Waals surface area contributed by atoms with E-state index in [1.165, 1.54) is 10.8 Å². The Bertz CT molecular complexity index is 1430. The van der Waals surface area contributed by atoms with Crippen LogP contribution in [0.25, 0.3) is 0 Å². The molecule has 1 N–H and O–H groups in total. The van der Waals surface area contributed by atoms with Crippen molar-refractivity contribution in [2.45, 2.75) is 38.7 Å². The lowest BCUT2D eigenvalue weighted by atomic mass is 9.98. The Hall–Kier alpha value is -2.59. The molecule has 10 nitrogen and oxygen atoms in total. The summed E-state index contributed by atoms with van der Waals surface area (Å²) in [7, 11) is -2.32. The van der Waals surface area contributed by atoms with Crippen molar-refractivity contribution in [3.8, 4) is 11.5 Å². The van der Waals surface area contributed by atoms with E-state index in [1.54, 1.807) is 62.6 Å². The Kier molecular flexibility index (Phi) is 10.2. The van der Waals surface area contributed by atoms with Gasteiger partial charge in [-0.05, 0) is 37.6 Å². The highest BCUT2D eigenvalue weighted by atomic mass is 35.5. The lowest BCUT2D eigenvalue weighted by Gasteiger charge is -2.24. The smallest absolute Gasteiger partial charge is 0.414 e. The van der Waals surface area contributed by atoms with Crippen molar-refractivity contribution in [3.63, 3.8) is 0 Å². The summed E-state index contributed by atoms with van der Waals surface area (Å²) in [5.41, 5.74) is -0.751. The van der Waals surface area contributed by atoms with Gasteiger partial charge in [0.15, 0.2) is 6.23 Å². The largest absolute Gasteiger partial charge is 0.430 e. The number of nitrogens with one attached hydrogen (secondary N) is 1. The molecule has 0 unspecified atom stereocenters. The van der Waals surface area contributed by atoms with Crippen LogP contribution in [-0.4, -0.2) is 48.2 Å². The summed E-state index contributed by atoms with van der Waals surface area (Å²) in [5.74, 6) is 0.165. The standard InChI is InChI=1S/C27H31Cl2N2O8P/c1-17-16-31(27(33)30-25(17)32)26-24(36-14-13-35-3)18(2)21(37-26)12-15-40(34,38-22-10-6-4-8-19(22)28)39-23-11-7-5-9-20(23)29/h4-11,16,18,21,24,26H,12-15H2,1-3H3,(H,30,32,33)/t18-,21-,24-,26-/m1/s1. The molecule has 2 aromatic carbocycles. The Labute approximate surface area is 241 Å². The minimum atomic E-state index is -3.88. The van der Waals surface area contributed by atoms with E-state index in [-0.39, 0.29) is 46.7 Å². The molecule has 1 aromatic heterocycles. The quantitative estimate of drug-likeness (QED) is 0.212. The van der Waals surface area contributed by atoms with Crippen LogP contribution in [0.2, 0.25) is 10.0 Å². The zero-order valence-electron chi connectivity index (χ0n) is 22.3. The molecule has 3 aromatic rings. The number of ether oxygens (including phenoxy) is 3. The molecule has 13 heteroatoms. The van der Waals surface area contributed by atoms with Crippen LogP contribution in [-0.2, 0) is 18.8 Å². The number of aromatic amines is 1. The van der Waals surface area contributed by atoms with Gasteiger partial charge < -0.3 is 23.3 Å². The molecule has 0 saturated carbocycles. The predicted octanol–water partition coefficient (Wildman–Crippen LogP) is 5.46. The number of rotatable bonds is 12. The third kappa shape index (κ3) is 7.18. The van der Waals surface area contributed by atoms with Gasteiger partial charge in [-0.25, -0.2) is 9.36 Å². The van der Waals surface area contributed by atoms with Gasteiger partial charge in [-0.15, -0.1) is 0 Å². The number of methoxy groups -OCH3 is 1. The summed E-state index contributed by atoms with van der Waals surface area (Å²) in [4.78, 5) is 27.0. The predicted molar refractivity (Wildman–Crippen MR) is 152 cm³/mol. The minimum absolute atomic E-state index is 0.0600.